The van der Waals surface area contributed by atoms with Crippen LogP contribution in [0, 0.1) is 10.5 Å². The van der Waals surface area contributed by atoms with E-state index < -0.39 is 0 Å². The van der Waals surface area contributed by atoms with Crippen molar-refractivity contribution < 1.29 is 4.79 Å². The first-order valence-electron chi connectivity index (χ1n) is 5.93. The Morgan fingerprint density at radius 3 is 2.63 bits per heavy atom. The second-order valence-corrected chi connectivity index (χ2v) is 6.77. The summed E-state index contributed by atoms with van der Waals surface area (Å²) in [7, 11) is 1.94. The molecule has 19 heavy (non-hydrogen) atoms. The lowest BCUT2D eigenvalue weighted by atomic mass is 10.1. The highest BCUT2D eigenvalue weighted by Crippen LogP contribution is 2.11. The fourth-order valence-corrected chi connectivity index (χ4v) is 2.75. The number of nitrogens with zero attached hydrogens (tertiary/aromatic N) is 2. The summed E-state index contributed by atoms with van der Waals surface area (Å²) in [6.07, 6.45) is 0. The number of hydrogen-bond donors (Lipinski definition) is 0. The van der Waals surface area contributed by atoms with Crippen LogP contribution < -0.4 is 0 Å². The first-order valence-corrected chi connectivity index (χ1v) is 7.89. The van der Waals surface area contributed by atoms with E-state index in [0.717, 1.165) is 19.8 Å². The van der Waals surface area contributed by atoms with Crippen molar-refractivity contribution >= 4 is 39.7 Å². The second-order valence-electron chi connectivity index (χ2n) is 4.46. The number of likely N-dealkylation sites (N-methyl/N-ethyl adjacent to an activating group) is 1. The highest BCUT2D eigenvalue weighted by atomic mass is 127. The van der Waals surface area contributed by atoms with Crippen molar-refractivity contribution in [1.29, 1.82) is 0 Å². The fraction of sp³-hybridized carbons (Fsp3) is 0.286. The van der Waals surface area contributed by atoms with E-state index in [4.69, 9.17) is 0 Å². The summed E-state index contributed by atoms with van der Waals surface area (Å²) in [5, 5.41) is 3.11. The smallest absolute Gasteiger partial charge is 0.176 e. The molecule has 0 aliphatic carbocycles. The van der Waals surface area contributed by atoms with Crippen molar-refractivity contribution in [3.05, 3.63) is 49.5 Å². The maximum absolute atomic E-state index is 12.1. The average Bonchev–Trinajstić information content (AvgIpc) is 2.75. The van der Waals surface area contributed by atoms with Gasteiger partial charge in [-0.2, -0.15) is 0 Å². The zero-order chi connectivity index (χ0) is 13.8. The molecule has 1 heterocycles. The number of benzene rings is 1. The van der Waals surface area contributed by atoms with Crippen molar-refractivity contribution in [3.8, 4) is 0 Å². The molecule has 0 aliphatic heterocycles. The number of hydrogen-bond acceptors (Lipinski definition) is 4. The van der Waals surface area contributed by atoms with Crippen molar-refractivity contribution in [2.75, 3.05) is 13.6 Å². The standard InChI is InChI=1S/C14H15IN2OS/c1-10-16-13(9-19-10)7-17(2)8-14(18)11-3-5-12(15)6-4-11/h3-6,9H,7-8H2,1-2H3. The van der Waals surface area contributed by atoms with Crippen molar-refractivity contribution in [2.24, 2.45) is 0 Å². The van der Waals surface area contributed by atoms with E-state index in [-0.39, 0.29) is 5.78 Å². The van der Waals surface area contributed by atoms with E-state index in [1.165, 1.54) is 0 Å². The molecule has 2 rings (SSSR count). The summed E-state index contributed by atoms with van der Waals surface area (Å²) in [6, 6.07) is 7.67. The molecule has 0 unspecified atom stereocenters. The van der Waals surface area contributed by atoms with Gasteiger partial charge >= 0.3 is 0 Å². The van der Waals surface area contributed by atoms with E-state index in [0.29, 0.717) is 13.1 Å². The van der Waals surface area contributed by atoms with Crippen LogP contribution >= 0.6 is 33.9 Å². The van der Waals surface area contributed by atoms with Crippen LogP contribution in [-0.2, 0) is 6.54 Å². The zero-order valence-electron chi connectivity index (χ0n) is 10.9. The largest absolute Gasteiger partial charge is 0.293 e. The van der Waals surface area contributed by atoms with Crippen LogP contribution in [0.4, 0.5) is 0 Å². The van der Waals surface area contributed by atoms with Gasteiger partial charge in [-0.3, -0.25) is 9.69 Å². The predicted octanol–water partition coefficient (Wildman–Crippen LogP) is 3.37. The molecular weight excluding hydrogens is 371 g/mol. The zero-order valence-corrected chi connectivity index (χ0v) is 13.9. The number of halogens is 1. The quantitative estimate of drug-likeness (QED) is 0.584. The summed E-state index contributed by atoms with van der Waals surface area (Å²) >= 11 is 3.87. The first-order chi connectivity index (χ1) is 9.04. The third kappa shape index (κ3) is 4.36. The second kappa shape index (κ2) is 6.58. The van der Waals surface area contributed by atoms with Crippen molar-refractivity contribution in [3.63, 3.8) is 0 Å². The minimum Gasteiger partial charge on any atom is -0.293 e. The number of aromatic nitrogens is 1. The molecule has 0 saturated heterocycles. The SMILES string of the molecule is Cc1nc(CN(C)CC(=O)c2ccc(I)cc2)cs1. The van der Waals surface area contributed by atoms with E-state index >= 15 is 0 Å². The van der Waals surface area contributed by atoms with Gasteiger partial charge in [-0.25, -0.2) is 4.98 Å². The molecule has 0 bridgehead atoms. The lowest BCUT2D eigenvalue weighted by Gasteiger charge is -2.14. The molecule has 1 aromatic heterocycles. The van der Waals surface area contributed by atoms with Crippen molar-refractivity contribution in [1.82, 2.24) is 9.88 Å². The van der Waals surface area contributed by atoms with Gasteiger partial charge < -0.3 is 0 Å². The fourth-order valence-electron chi connectivity index (χ4n) is 1.79. The van der Waals surface area contributed by atoms with Gasteiger partial charge in [-0.05, 0) is 48.7 Å². The Labute approximate surface area is 130 Å². The molecule has 0 radical (unpaired) electrons. The average molecular weight is 386 g/mol. The molecule has 5 heteroatoms. The Kier molecular flexibility index (Phi) is 5.06. The molecule has 0 spiro atoms. The van der Waals surface area contributed by atoms with Crippen molar-refractivity contribution in [2.45, 2.75) is 13.5 Å². The Morgan fingerprint density at radius 2 is 2.05 bits per heavy atom. The van der Waals surface area contributed by atoms with Gasteiger partial charge in [-0.1, -0.05) is 12.1 Å². The lowest BCUT2D eigenvalue weighted by Crippen LogP contribution is -2.25. The van der Waals surface area contributed by atoms with Gasteiger partial charge in [0, 0.05) is 21.1 Å². The molecule has 0 amide bonds. The van der Waals surface area contributed by atoms with E-state index in [9.17, 15) is 4.79 Å². The van der Waals surface area contributed by atoms with Crippen LogP contribution in [0.2, 0.25) is 0 Å². The van der Waals surface area contributed by atoms with Gasteiger partial charge in [0.2, 0.25) is 0 Å². The molecule has 100 valence electrons. The molecular formula is C14H15IN2OS. The Bertz CT molecular complexity index is 565. The van der Waals surface area contributed by atoms with Crippen LogP contribution in [0.25, 0.3) is 0 Å². The molecule has 0 atom stereocenters. The van der Waals surface area contributed by atoms with Gasteiger partial charge in [-0.15, -0.1) is 11.3 Å². The van der Waals surface area contributed by atoms with Crippen LogP contribution in [0.1, 0.15) is 21.1 Å². The highest BCUT2D eigenvalue weighted by Gasteiger charge is 2.10. The third-order valence-electron chi connectivity index (χ3n) is 2.68. The highest BCUT2D eigenvalue weighted by molar-refractivity contribution is 14.1. The molecule has 0 N–H and O–H groups in total. The van der Waals surface area contributed by atoms with Gasteiger partial charge in [0.05, 0.1) is 17.2 Å². The Balaban J connectivity index is 1.93. The maximum atomic E-state index is 12.1. The van der Waals surface area contributed by atoms with Gasteiger partial charge in [0.15, 0.2) is 5.78 Å². The normalized spacial score (nSPS) is 10.9. The number of carbonyl (C=O) groups is 1. The molecule has 0 saturated carbocycles. The monoisotopic (exact) mass is 386 g/mol. The van der Waals surface area contributed by atoms with Crippen LogP contribution in [0.15, 0.2) is 29.6 Å². The summed E-state index contributed by atoms with van der Waals surface area (Å²) < 4.78 is 1.14. The van der Waals surface area contributed by atoms with Gasteiger partial charge in [0.25, 0.3) is 0 Å². The predicted molar refractivity (Wildman–Crippen MR) is 86.7 cm³/mol. The van der Waals surface area contributed by atoms with E-state index in [1.54, 1.807) is 11.3 Å². The van der Waals surface area contributed by atoms with E-state index in [1.807, 2.05) is 48.5 Å². The minimum absolute atomic E-state index is 0.144. The topological polar surface area (TPSA) is 33.2 Å². The first kappa shape index (κ1) is 14.6. The molecule has 2 aromatic rings. The Hall–Kier alpha value is -0.790. The summed E-state index contributed by atoms with van der Waals surface area (Å²) in [4.78, 5) is 18.5. The third-order valence-corrected chi connectivity index (χ3v) is 4.22. The van der Waals surface area contributed by atoms with Crippen LogP contribution in [0.5, 0.6) is 0 Å². The number of aryl methyl sites for hydroxylation is 1. The number of thiazole rings is 1. The Morgan fingerprint density at radius 1 is 1.37 bits per heavy atom. The maximum Gasteiger partial charge on any atom is 0.176 e. The minimum atomic E-state index is 0.144. The van der Waals surface area contributed by atoms with Gasteiger partial charge in [0.1, 0.15) is 0 Å². The summed E-state index contributed by atoms with van der Waals surface area (Å²) in [5.74, 6) is 0.144. The summed E-state index contributed by atoms with van der Waals surface area (Å²) in [6.45, 7) is 3.11. The lowest BCUT2D eigenvalue weighted by molar-refractivity contribution is 0.0942. The molecule has 1 aromatic carbocycles. The number of rotatable bonds is 5. The number of Topliss-reactive ketones (excluding diaryl/α,β-unsaturated/α-hetero) is 1. The molecule has 0 aliphatic rings. The number of ketones is 1. The molecule has 0 fully saturated rings. The number of carbonyl (C=O) groups excluding carboxylic acids is 1. The van der Waals surface area contributed by atoms with Crippen LogP contribution in [0.3, 0.4) is 0 Å². The summed E-state index contributed by atoms with van der Waals surface area (Å²) in [5.41, 5.74) is 1.79. The van der Waals surface area contributed by atoms with Crippen LogP contribution in [-0.4, -0.2) is 29.3 Å². The molecule has 3 nitrogen and oxygen atoms in total. The van der Waals surface area contributed by atoms with E-state index in [2.05, 4.69) is 27.6 Å².